The van der Waals surface area contributed by atoms with E-state index < -0.39 is 17.8 Å². The van der Waals surface area contributed by atoms with Crippen LogP contribution in [0.15, 0.2) is 42.0 Å². The van der Waals surface area contributed by atoms with Gasteiger partial charge in [-0.1, -0.05) is 30.3 Å². The smallest absolute Gasteiger partial charge is 0.331 e. The van der Waals surface area contributed by atoms with Crippen molar-refractivity contribution >= 4 is 34.7 Å². The van der Waals surface area contributed by atoms with Crippen LogP contribution in [-0.4, -0.2) is 36.9 Å². The molecule has 0 bridgehead atoms. The maximum absolute atomic E-state index is 12.2. The molecule has 0 radical (unpaired) electrons. The monoisotopic (exact) mass is 310 g/mol. The van der Waals surface area contributed by atoms with E-state index in [9.17, 15) is 14.4 Å². The van der Waals surface area contributed by atoms with Crippen LogP contribution in [0.25, 0.3) is 16.8 Å². The predicted octanol–water partition coefficient (Wildman–Crippen LogP) is 1.94. The van der Waals surface area contributed by atoms with Crippen molar-refractivity contribution in [2.45, 2.75) is 0 Å². The van der Waals surface area contributed by atoms with Crippen molar-refractivity contribution in [1.82, 2.24) is 10.2 Å². The lowest BCUT2D eigenvalue weighted by Gasteiger charge is -2.22. The standard InChI is InChI=1S/C17H14N2O4/c1-19-16(21)13(15(20)18-17(19)22)9-10-7-8-14(23-2)12-6-4-3-5-11(10)12/h3-9H,1-2H3,(H,18,20,22)/b13-9+. The van der Waals surface area contributed by atoms with E-state index in [0.29, 0.717) is 11.3 Å². The van der Waals surface area contributed by atoms with Gasteiger partial charge in [0.1, 0.15) is 11.3 Å². The number of imide groups is 2. The minimum absolute atomic E-state index is 0.0811. The quantitative estimate of drug-likeness (QED) is 0.679. The Morgan fingerprint density at radius 1 is 1.04 bits per heavy atom. The minimum atomic E-state index is -0.725. The van der Waals surface area contributed by atoms with Crippen LogP contribution in [0.3, 0.4) is 0 Å². The maximum Gasteiger partial charge on any atom is 0.331 e. The molecule has 0 aromatic heterocycles. The molecule has 0 aliphatic carbocycles. The Kier molecular flexibility index (Phi) is 3.57. The number of nitrogens with zero attached hydrogens (tertiary/aromatic N) is 1. The number of benzene rings is 2. The molecule has 1 N–H and O–H groups in total. The Bertz CT molecular complexity index is 870. The van der Waals surface area contributed by atoms with Crippen molar-refractivity contribution < 1.29 is 19.1 Å². The van der Waals surface area contributed by atoms with Crippen LogP contribution in [0.1, 0.15) is 5.56 Å². The molecule has 1 aliphatic rings. The summed E-state index contributed by atoms with van der Waals surface area (Å²) in [6.07, 6.45) is 1.49. The molecule has 2 aromatic rings. The van der Waals surface area contributed by atoms with Crippen LogP contribution >= 0.6 is 0 Å². The fraction of sp³-hybridized carbons (Fsp3) is 0.118. The van der Waals surface area contributed by atoms with Gasteiger partial charge in [-0.2, -0.15) is 0 Å². The second-order valence-electron chi connectivity index (χ2n) is 5.08. The number of amides is 4. The summed E-state index contributed by atoms with van der Waals surface area (Å²) in [7, 11) is 2.91. The summed E-state index contributed by atoms with van der Waals surface area (Å²) in [5.74, 6) is -0.619. The van der Waals surface area contributed by atoms with Crippen LogP contribution < -0.4 is 10.1 Å². The molecule has 1 aliphatic heterocycles. The molecule has 4 amide bonds. The molecule has 1 fully saturated rings. The summed E-state index contributed by atoms with van der Waals surface area (Å²) in [6.45, 7) is 0. The molecule has 6 heteroatoms. The highest BCUT2D eigenvalue weighted by Crippen LogP contribution is 2.30. The number of barbiturate groups is 1. The van der Waals surface area contributed by atoms with Crippen LogP contribution in [0.2, 0.25) is 0 Å². The summed E-state index contributed by atoms with van der Waals surface area (Å²) in [6, 6.07) is 10.3. The minimum Gasteiger partial charge on any atom is -0.496 e. The molecule has 23 heavy (non-hydrogen) atoms. The number of likely N-dealkylation sites (N-methyl/N-ethyl adjacent to an activating group) is 1. The fourth-order valence-corrected chi connectivity index (χ4v) is 2.50. The highest BCUT2D eigenvalue weighted by Gasteiger charge is 2.33. The van der Waals surface area contributed by atoms with Crippen LogP contribution in [-0.2, 0) is 9.59 Å². The first-order valence-corrected chi connectivity index (χ1v) is 6.93. The molecule has 0 saturated carbocycles. The zero-order valence-corrected chi connectivity index (χ0v) is 12.6. The van der Waals surface area contributed by atoms with Crippen LogP contribution in [0.5, 0.6) is 5.75 Å². The predicted molar refractivity (Wildman–Crippen MR) is 84.8 cm³/mol. The van der Waals surface area contributed by atoms with Gasteiger partial charge in [0.2, 0.25) is 0 Å². The summed E-state index contributed by atoms with van der Waals surface area (Å²) in [5.41, 5.74) is 0.616. The molecule has 1 saturated heterocycles. The fourth-order valence-electron chi connectivity index (χ4n) is 2.50. The SMILES string of the molecule is COc1ccc(/C=C2\C(=O)NC(=O)N(C)C2=O)c2ccccc12. The van der Waals surface area contributed by atoms with Crippen molar-refractivity contribution in [2.24, 2.45) is 0 Å². The third-order valence-corrected chi connectivity index (χ3v) is 3.74. The summed E-state index contributed by atoms with van der Waals surface area (Å²) < 4.78 is 5.33. The van der Waals surface area contributed by atoms with E-state index in [0.717, 1.165) is 15.7 Å². The van der Waals surface area contributed by atoms with Gasteiger partial charge in [0.15, 0.2) is 0 Å². The number of rotatable bonds is 2. The highest BCUT2D eigenvalue weighted by atomic mass is 16.5. The Balaban J connectivity index is 2.16. The number of hydrogen-bond donors (Lipinski definition) is 1. The van der Waals surface area contributed by atoms with E-state index in [-0.39, 0.29) is 5.57 Å². The van der Waals surface area contributed by atoms with Gasteiger partial charge in [0, 0.05) is 12.4 Å². The van der Waals surface area contributed by atoms with E-state index in [2.05, 4.69) is 5.32 Å². The van der Waals surface area contributed by atoms with Gasteiger partial charge in [0.25, 0.3) is 11.8 Å². The highest BCUT2D eigenvalue weighted by molar-refractivity contribution is 6.31. The molecule has 1 heterocycles. The van der Waals surface area contributed by atoms with E-state index in [1.54, 1.807) is 19.2 Å². The van der Waals surface area contributed by atoms with Gasteiger partial charge in [-0.15, -0.1) is 0 Å². The first-order valence-electron chi connectivity index (χ1n) is 6.93. The molecule has 116 valence electrons. The number of hydrogen-bond acceptors (Lipinski definition) is 4. The first kappa shape index (κ1) is 14.8. The van der Waals surface area contributed by atoms with Gasteiger partial charge in [-0.05, 0) is 23.1 Å². The number of ether oxygens (including phenoxy) is 1. The molecule has 3 rings (SSSR count). The Morgan fingerprint density at radius 2 is 1.74 bits per heavy atom. The summed E-state index contributed by atoms with van der Waals surface area (Å²) in [5, 5.41) is 3.85. The first-order chi connectivity index (χ1) is 11.0. The second-order valence-corrected chi connectivity index (χ2v) is 5.08. The molecule has 0 unspecified atom stereocenters. The van der Waals surface area contributed by atoms with Gasteiger partial charge >= 0.3 is 6.03 Å². The Labute approximate surface area is 132 Å². The van der Waals surface area contributed by atoms with Crippen LogP contribution in [0.4, 0.5) is 4.79 Å². The van der Waals surface area contributed by atoms with Gasteiger partial charge in [-0.3, -0.25) is 19.8 Å². The summed E-state index contributed by atoms with van der Waals surface area (Å²) in [4.78, 5) is 36.4. The zero-order chi connectivity index (χ0) is 16.6. The van der Waals surface area contributed by atoms with Crippen molar-refractivity contribution in [3.05, 3.63) is 47.5 Å². The van der Waals surface area contributed by atoms with Gasteiger partial charge < -0.3 is 4.74 Å². The lowest BCUT2D eigenvalue weighted by molar-refractivity contribution is -0.129. The molecule has 0 spiro atoms. The average Bonchev–Trinajstić information content (AvgIpc) is 2.56. The lowest BCUT2D eigenvalue weighted by Crippen LogP contribution is -2.52. The van der Waals surface area contributed by atoms with Crippen molar-refractivity contribution in [2.75, 3.05) is 14.2 Å². The third kappa shape index (κ3) is 2.44. The van der Waals surface area contributed by atoms with Crippen molar-refractivity contribution in [3.8, 4) is 5.75 Å². The van der Waals surface area contributed by atoms with E-state index in [4.69, 9.17) is 4.74 Å². The number of urea groups is 1. The van der Waals surface area contributed by atoms with Crippen molar-refractivity contribution in [1.29, 1.82) is 0 Å². The molecular weight excluding hydrogens is 296 g/mol. The molecule has 0 atom stereocenters. The van der Waals surface area contributed by atoms with Crippen molar-refractivity contribution in [3.63, 3.8) is 0 Å². The van der Waals surface area contributed by atoms with Gasteiger partial charge in [-0.25, -0.2) is 4.79 Å². The Hall–Kier alpha value is -3.15. The third-order valence-electron chi connectivity index (χ3n) is 3.74. The largest absolute Gasteiger partial charge is 0.496 e. The van der Waals surface area contributed by atoms with E-state index in [1.807, 2.05) is 24.3 Å². The van der Waals surface area contributed by atoms with Gasteiger partial charge in [0.05, 0.1) is 7.11 Å². The normalized spacial score (nSPS) is 16.9. The Morgan fingerprint density at radius 3 is 2.43 bits per heavy atom. The number of carbonyl (C=O) groups is 3. The maximum atomic E-state index is 12.2. The number of fused-ring (bicyclic) bond motifs is 1. The topological polar surface area (TPSA) is 75.7 Å². The number of nitrogens with one attached hydrogen (secondary N) is 1. The molecule has 6 nitrogen and oxygen atoms in total. The lowest BCUT2D eigenvalue weighted by atomic mass is 10.0. The average molecular weight is 310 g/mol. The zero-order valence-electron chi connectivity index (χ0n) is 12.6. The van der Waals surface area contributed by atoms with E-state index in [1.165, 1.54) is 13.1 Å². The van der Waals surface area contributed by atoms with Crippen LogP contribution in [0, 0.1) is 0 Å². The second kappa shape index (κ2) is 5.57. The van der Waals surface area contributed by atoms with E-state index >= 15 is 0 Å². The number of methoxy groups -OCH3 is 1. The molecule has 2 aromatic carbocycles. The summed E-state index contributed by atoms with van der Waals surface area (Å²) >= 11 is 0. The number of carbonyl (C=O) groups excluding carboxylic acids is 3. The molecular formula is C17H14N2O4.